The summed E-state index contributed by atoms with van der Waals surface area (Å²) in [4.78, 5) is 0. The van der Waals surface area contributed by atoms with E-state index in [4.69, 9.17) is 19.9 Å². The van der Waals surface area contributed by atoms with Gasteiger partial charge in [-0.15, -0.1) is 0 Å². The van der Waals surface area contributed by atoms with Crippen LogP contribution < -0.4 is 25.3 Å². The number of hydrogen-bond acceptors (Lipinski definition) is 5. The molecule has 0 saturated heterocycles. The third kappa shape index (κ3) is 2.88. The highest BCUT2D eigenvalue weighted by molar-refractivity contribution is 5.51. The quantitative estimate of drug-likeness (QED) is 0.646. The molecule has 3 N–H and O–H groups in total. The van der Waals surface area contributed by atoms with E-state index in [0.29, 0.717) is 13.2 Å². The lowest BCUT2D eigenvalue weighted by Crippen LogP contribution is -2.11. The van der Waals surface area contributed by atoms with Gasteiger partial charge in [-0.05, 0) is 36.4 Å². The molecule has 1 heterocycles. The lowest BCUT2D eigenvalue weighted by molar-refractivity contribution is 0.174. The zero-order chi connectivity index (χ0) is 13.8. The average molecular weight is 272 g/mol. The van der Waals surface area contributed by atoms with E-state index in [1.54, 1.807) is 0 Å². The molecular formula is C15H16N2O3. The first-order valence-corrected chi connectivity index (χ1v) is 6.43. The molecule has 1 aliphatic rings. The van der Waals surface area contributed by atoms with Crippen LogP contribution in [0.5, 0.6) is 17.2 Å². The van der Waals surface area contributed by atoms with Crippen molar-refractivity contribution in [1.82, 2.24) is 0 Å². The van der Waals surface area contributed by atoms with Gasteiger partial charge in [0.1, 0.15) is 12.4 Å². The minimum absolute atomic E-state index is 0.275. The fourth-order valence-corrected chi connectivity index (χ4v) is 1.93. The van der Waals surface area contributed by atoms with Crippen LogP contribution >= 0.6 is 0 Å². The maximum atomic E-state index is 5.65. The number of benzene rings is 2. The van der Waals surface area contributed by atoms with Crippen molar-refractivity contribution in [2.75, 3.05) is 31.0 Å². The summed E-state index contributed by atoms with van der Waals surface area (Å²) < 4.78 is 16.2. The molecule has 0 amide bonds. The number of nitrogen functional groups attached to an aromatic ring is 1. The normalized spacial score (nSPS) is 12.2. The van der Waals surface area contributed by atoms with E-state index in [1.165, 1.54) is 0 Å². The summed E-state index contributed by atoms with van der Waals surface area (Å²) in [7, 11) is 0. The summed E-state index contributed by atoms with van der Waals surface area (Å²) in [5.74, 6) is 2.26. The summed E-state index contributed by atoms with van der Waals surface area (Å²) >= 11 is 0. The predicted molar refractivity (Wildman–Crippen MR) is 77.4 cm³/mol. The molecule has 0 atom stereocenters. The number of nitrogens with one attached hydrogen (secondary N) is 1. The lowest BCUT2D eigenvalue weighted by atomic mass is 10.3. The summed E-state index contributed by atoms with van der Waals surface area (Å²) in [6.45, 7) is 1.54. The minimum atomic E-state index is 0.275. The van der Waals surface area contributed by atoms with Crippen LogP contribution in [0.4, 0.5) is 11.4 Å². The van der Waals surface area contributed by atoms with Gasteiger partial charge in [-0.2, -0.15) is 0 Å². The molecule has 2 aromatic rings. The van der Waals surface area contributed by atoms with Crippen LogP contribution in [-0.4, -0.2) is 19.9 Å². The number of ether oxygens (including phenoxy) is 3. The molecule has 0 spiro atoms. The molecule has 0 fully saturated rings. The number of hydrogen-bond donors (Lipinski definition) is 2. The second kappa shape index (κ2) is 5.61. The Bertz CT molecular complexity index is 584. The zero-order valence-corrected chi connectivity index (χ0v) is 11.0. The molecule has 0 radical (unpaired) electrons. The number of nitrogens with two attached hydrogens (primary N) is 1. The van der Waals surface area contributed by atoms with E-state index in [2.05, 4.69) is 5.32 Å². The van der Waals surface area contributed by atoms with Crippen molar-refractivity contribution in [2.24, 2.45) is 0 Å². The maximum absolute atomic E-state index is 5.65. The minimum Gasteiger partial charge on any atom is -0.492 e. The van der Waals surface area contributed by atoms with Crippen LogP contribution in [-0.2, 0) is 0 Å². The number of rotatable bonds is 5. The van der Waals surface area contributed by atoms with Crippen LogP contribution in [0.1, 0.15) is 0 Å². The van der Waals surface area contributed by atoms with Crippen LogP contribution in [0, 0.1) is 0 Å². The molecule has 0 bridgehead atoms. The molecule has 0 aromatic heterocycles. The number of fused-ring (bicyclic) bond motifs is 1. The molecule has 1 aliphatic heterocycles. The van der Waals surface area contributed by atoms with Crippen LogP contribution in [0.15, 0.2) is 42.5 Å². The second-order valence-electron chi connectivity index (χ2n) is 4.41. The van der Waals surface area contributed by atoms with Gasteiger partial charge in [0.05, 0.1) is 0 Å². The molecule has 0 saturated carbocycles. The SMILES string of the molecule is Nc1ccc(NCCOc2ccc3c(c2)OCO3)cc1. The molecule has 104 valence electrons. The van der Waals surface area contributed by atoms with Crippen LogP contribution in [0.25, 0.3) is 0 Å². The van der Waals surface area contributed by atoms with E-state index in [1.807, 2.05) is 42.5 Å². The molecule has 5 nitrogen and oxygen atoms in total. The first-order chi connectivity index (χ1) is 9.81. The van der Waals surface area contributed by atoms with Gasteiger partial charge in [-0.1, -0.05) is 0 Å². The Morgan fingerprint density at radius 1 is 1.05 bits per heavy atom. The van der Waals surface area contributed by atoms with Gasteiger partial charge in [0, 0.05) is 24.0 Å². The Morgan fingerprint density at radius 2 is 1.85 bits per heavy atom. The monoisotopic (exact) mass is 272 g/mol. The first-order valence-electron chi connectivity index (χ1n) is 6.43. The first kappa shape index (κ1) is 12.5. The standard InChI is InChI=1S/C15H16N2O3/c16-11-1-3-12(4-2-11)17-7-8-18-13-5-6-14-15(9-13)20-10-19-14/h1-6,9,17H,7-8,10,16H2. The second-order valence-corrected chi connectivity index (χ2v) is 4.41. The topological polar surface area (TPSA) is 65.7 Å². The average Bonchev–Trinajstić information content (AvgIpc) is 2.93. The van der Waals surface area contributed by atoms with Gasteiger partial charge in [0.2, 0.25) is 6.79 Å². The largest absolute Gasteiger partial charge is 0.492 e. The molecule has 5 heteroatoms. The third-order valence-electron chi connectivity index (χ3n) is 2.95. The molecule has 0 unspecified atom stereocenters. The lowest BCUT2D eigenvalue weighted by Gasteiger charge is -2.09. The fraction of sp³-hybridized carbons (Fsp3) is 0.200. The smallest absolute Gasteiger partial charge is 0.231 e. The molecular weight excluding hydrogens is 256 g/mol. The Hall–Kier alpha value is -2.56. The van der Waals surface area contributed by atoms with Gasteiger partial charge in [-0.3, -0.25) is 0 Å². The van der Waals surface area contributed by atoms with E-state index >= 15 is 0 Å². The van der Waals surface area contributed by atoms with Crippen molar-refractivity contribution in [3.63, 3.8) is 0 Å². The van der Waals surface area contributed by atoms with E-state index in [-0.39, 0.29) is 6.79 Å². The van der Waals surface area contributed by atoms with E-state index < -0.39 is 0 Å². The summed E-state index contributed by atoms with van der Waals surface area (Å²) in [5.41, 5.74) is 7.41. The highest BCUT2D eigenvalue weighted by Gasteiger charge is 2.13. The van der Waals surface area contributed by atoms with Crippen molar-refractivity contribution in [3.8, 4) is 17.2 Å². The summed E-state index contributed by atoms with van der Waals surface area (Å²) in [6, 6.07) is 13.2. The van der Waals surface area contributed by atoms with Gasteiger partial charge >= 0.3 is 0 Å². The summed E-state index contributed by atoms with van der Waals surface area (Å²) in [6.07, 6.45) is 0. The van der Waals surface area contributed by atoms with E-state index in [9.17, 15) is 0 Å². The van der Waals surface area contributed by atoms with Crippen molar-refractivity contribution in [1.29, 1.82) is 0 Å². The number of anilines is 2. The highest BCUT2D eigenvalue weighted by atomic mass is 16.7. The fourth-order valence-electron chi connectivity index (χ4n) is 1.93. The van der Waals surface area contributed by atoms with Gasteiger partial charge in [0.25, 0.3) is 0 Å². The molecule has 2 aromatic carbocycles. The van der Waals surface area contributed by atoms with Crippen molar-refractivity contribution >= 4 is 11.4 Å². The third-order valence-corrected chi connectivity index (χ3v) is 2.95. The van der Waals surface area contributed by atoms with Crippen molar-refractivity contribution < 1.29 is 14.2 Å². The van der Waals surface area contributed by atoms with Gasteiger partial charge in [0.15, 0.2) is 11.5 Å². The molecule has 0 aliphatic carbocycles. The van der Waals surface area contributed by atoms with Crippen LogP contribution in [0.2, 0.25) is 0 Å². The Labute approximate surface area is 117 Å². The van der Waals surface area contributed by atoms with Crippen molar-refractivity contribution in [2.45, 2.75) is 0 Å². The molecule has 3 rings (SSSR count). The maximum Gasteiger partial charge on any atom is 0.231 e. The van der Waals surface area contributed by atoms with Gasteiger partial charge in [-0.25, -0.2) is 0 Å². The van der Waals surface area contributed by atoms with Gasteiger partial charge < -0.3 is 25.3 Å². The molecule has 20 heavy (non-hydrogen) atoms. The Balaban J connectivity index is 1.47. The van der Waals surface area contributed by atoms with Crippen LogP contribution in [0.3, 0.4) is 0 Å². The Morgan fingerprint density at radius 3 is 2.70 bits per heavy atom. The summed E-state index contributed by atoms with van der Waals surface area (Å²) in [5, 5.41) is 3.26. The zero-order valence-electron chi connectivity index (χ0n) is 11.0. The Kier molecular flexibility index (Phi) is 3.50. The van der Waals surface area contributed by atoms with Crippen molar-refractivity contribution in [3.05, 3.63) is 42.5 Å². The highest BCUT2D eigenvalue weighted by Crippen LogP contribution is 2.34. The van der Waals surface area contributed by atoms with E-state index in [0.717, 1.165) is 28.6 Å². The predicted octanol–water partition coefficient (Wildman–Crippen LogP) is 2.49.